The van der Waals surface area contributed by atoms with Gasteiger partial charge in [-0.15, -0.1) is 0 Å². The molecule has 1 aromatic heterocycles. The second-order valence-electron chi connectivity index (χ2n) is 6.39. The maximum atomic E-state index is 12.9. The monoisotopic (exact) mass is 335 g/mol. The van der Waals surface area contributed by atoms with Crippen LogP contribution in [0.4, 0.5) is 0 Å². The average molecular weight is 335 g/mol. The molecule has 3 aromatic rings. The van der Waals surface area contributed by atoms with Gasteiger partial charge in [0.2, 0.25) is 5.91 Å². The molecule has 5 nitrogen and oxygen atoms in total. The first-order valence-electron chi connectivity index (χ1n) is 8.36. The zero-order valence-corrected chi connectivity index (χ0v) is 14.6. The van der Waals surface area contributed by atoms with E-state index >= 15 is 0 Å². The molecule has 1 N–H and O–H groups in total. The molecule has 0 aliphatic rings. The van der Waals surface area contributed by atoms with Gasteiger partial charge in [0.1, 0.15) is 5.82 Å². The van der Waals surface area contributed by atoms with Gasteiger partial charge in [0.25, 0.3) is 5.56 Å². The number of amides is 1. The summed E-state index contributed by atoms with van der Waals surface area (Å²) in [5.74, 6) is -0.0891. The van der Waals surface area contributed by atoms with Crippen LogP contribution in [0.15, 0.2) is 59.4 Å². The van der Waals surface area contributed by atoms with E-state index in [2.05, 4.69) is 10.4 Å². The van der Waals surface area contributed by atoms with Crippen molar-refractivity contribution < 1.29 is 4.79 Å². The largest absolute Gasteiger partial charge is 0.280 e. The molecule has 0 spiro atoms. The summed E-state index contributed by atoms with van der Waals surface area (Å²) in [6, 6.07) is 16.6. The third-order valence-electron chi connectivity index (χ3n) is 4.23. The topological polar surface area (TPSA) is 64.0 Å². The van der Waals surface area contributed by atoms with Gasteiger partial charge in [-0.25, -0.2) is 9.66 Å². The summed E-state index contributed by atoms with van der Waals surface area (Å²) in [6.07, 6.45) is 0. The molecule has 0 aliphatic carbocycles. The number of rotatable bonds is 4. The highest BCUT2D eigenvalue weighted by Crippen LogP contribution is 2.17. The number of aromatic nitrogens is 2. The van der Waals surface area contributed by atoms with Gasteiger partial charge in [-0.2, -0.15) is 0 Å². The lowest BCUT2D eigenvalue weighted by atomic mass is 10.0. The van der Waals surface area contributed by atoms with E-state index in [0.29, 0.717) is 16.7 Å². The van der Waals surface area contributed by atoms with E-state index in [1.165, 1.54) is 4.68 Å². The van der Waals surface area contributed by atoms with Gasteiger partial charge in [0.15, 0.2) is 0 Å². The average Bonchev–Trinajstić information content (AvgIpc) is 2.63. The van der Waals surface area contributed by atoms with Crippen LogP contribution in [0.2, 0.25) is 0 Å². The van der Waals surface area contributed by atoms with Crippen molar-refractivity contribution in [3.63, 3.8) is 0 Å². The Morgan fingerprint density at radius 2 is 1.64 bits per heavy atom. The Labute approximate surface area is 146 Å². The predicted molar refractivity (Wildman–Crippen MR) is 99.3 cm³/mol. The highest BCUT2D eigenvalue weighted by Gasteiger charge is 2.19. The van der Waals surface area contributed by atoms with E-state index < -0.39 is 0 Å². The first kappa shape index (κ1) is 16.9. The maximum absolute atomic E-state index is 12.9. The van der Waals surface area contributed by atoms with Crippen LogP contribution in [0.1, 0.15) is 44.0 Å². The summed E-state index contributed by atoms with van der Waals surface area (Å²) in [5.41, 5.74) is 4.03. The molecular formula is C20H21N3O2. The van der Waals surface area contributed by atoms with E-state index in [1.807, 2.05) is 57.2 Å². The Morgan fingerprint density at radius 1 is 1.00 bits per heavy atom. The number of benzene rings is 2. The summed E-state index contributed by atoms with van der Waals surface area (Å²) >= 11 is 0. The second kappa shape index (κ2) is 6.89. The van der Waals surface area contributed by atoms with Gasteiger partial charge >= 0.3 is 0 Å². The van der Waals surface area contributed by atoms with Gasteiger partial charge in [-0.1, -0.05) is 56.3 Å². The molecule has 0 fully saturated rings. The third kappa shape index (κ3) is 3.31. The normalized spacial score (nSPS) is 12.3. The van der Waals surface area contributed by atoms with Crippen molar-refractivity contribution in [2.24, 2.45) is 0 Å². The number of carbonyl (C=O) groups is 1. The summed E-state index contributed by atoms with van der Waals surface area (Å²) < 4.78 is 1.29. The van der Waals surface area contributed by atoms with Crippen LogP contribution in [0, 0.1) is 0 Å². The highest BCUT2D eigenvalue weighted by molar-refractivity contribution is 5.90. The summed E-state index contributed by atoms with van der Waals surface area (Å²) in [6.45, 7) is 5.71. The predicted octanol–water partition coefficient (Wildman–Crippen LogP) is 3.39. The van der Waals surface area contributed by atoms with Crippen molar-refractivity contribution >= 4 is 16.8 Å². The fraction of sp³-hybridized carbons (Fsp3) is 0.250. The van der Waals surface area contributed by atoms with Gasteiger partial charge in [0, 0.05) is 5.92 Å². The zero-order valence-electron chi connectivity index (χ0n) is 14.6. The Bertz CT molecular complexity index is 962. The van der Waals surface area contributed by atoms with Crippen molar-refractivity contribution in [2.45, 2.75) is 32.6 Å². The number of nitrogens with zero attached hydrogens (tertiary/aromatic N) is 2. The summed E-state index contributed by atoms with van der Waals surface area (Å²) in [5, 5.41) is 0.486. The molecule has 1 amide bonds. The highest BCUT2D eigenvalue weighted by atomic mass is 16.2. The van der Waals surface area contributed by atoms with E-state index in [-0.39, 0.29) is 23.3 Å². The molecule has 0 radical (unpaired) electrons. The quantitative estimate of drug-likeness (QED) is 0.795. The van der Waals surface area contributed by atoms with Crippen molar-refractivity contribution in [2.75, 3.05) is 5.43 Å². The molecule has 0 saturated heterocycles. The zero-order chi connectivity index (χ0) is 18.0. The van der Waals surface area contributed by atoms with Crippen LogP contribution in [0.5, 0.6) is 0 Å². The molecule has 0 unspecified atom stereocenters. The second-order valence-corrected chi connectivity index (χ2v) is 6.39. The standard InChI is InChI=1S/C20H21N3O2/c1-13(2)18-21-17-12-8-7-11-16(17)20(25)23(18)22-19(24)14(3)15-9-5-4-6-10-15/h4-14H,1-3H3,(H,22,24)/t14-/m0/s1. The molecule has 0 aliphatic heterocycles. The molecule has 128 valence electrons. The number of nitrogens with one attached hydrogen (secondary N) is 1. The molecule has 1 heterocycles. The Hall–Kier alpha value is -2.95. The fourth-order valence-corrected chi connectivity index (χ4v) is 2.75. The van der Waals surface area contributed by atoms with Gasteiger partial charge in [0.05, 0.1) is 16.8 Å². The van der Waals surface area contributed by atoms with Crippen LogP contribution >= 0.6 is 0 Å². The molecule has 1 atom stereocenters. The van der Waals surface area contributed by atoms with Crippen LogP contribution in [-0.2, 0) is 4.79 Å². The first-order chi connectivity index (χ1) is 12.0. The Balaban J connectivity index is 2.03. The van der Waals surface area contributed by atoms with Crippen LogP contribution < -0.4 is 11.0 Å². The van der Waals surface area contributed by atoms with Crippen LogP contribution in [0.3, 0.4) is 0 Å². The van der Waals surface area contributed by atoms with Crippen LogP contribution in [-0.4, -0.2) is 15.6 Å². The molecule has 5 heteroatoms. The maximum Gasteiger partial charge on any atom is 0.280 e. The summed E-state index contributed by atoms with van der Waals surface area (Å²) in [4.78, 5) is 30.1. The Kier molecular flexibility index (Phi) is 4.65. The van der Waals surface area contributed by atoms with E-state index in [1.54, 1.807) is 18.2 Å². The minimum absolute atomic E-state index is 0.00959. The van der Waals surface area contributed by atoms with E-state index in [0.717, 1.165) is 5.56 Å². The summed E-state index contributed by atoms with van der Waals surface area (Å²) in [7, 11) is 0. The van der Waals surface area contributed by atoms with E-state index in [4.69, 9.17) is 0 Å². The van der Waals surface area contributed by atoms with Gasteiger partial charge in [-0.3, -0.25) is 15.0 Å². The van der Waals surface area contributed by atoms with Gasteiger partial charge < -0.3 is 0 Å². The molecule has 0 saturated carbocycles. The lowest BCUT2D eigenvalue weighted by molar-refractivity contribution is -0.118. The minimum Gasteiger partial charge on any atom is -0.273 e. The third-order valence-corrected chi connectivity index (χ3v) is 4.23. The van der Waals surface area contributed by atoms with E-state index in [9.17, 15) is 9.59 Å². The van der Waals surface area contributed by atoms with Gasteiger partial charge in [-0.05, 0) is 24.6 Å². The smallest absolute Gasteiger partial charge is 0.273 e. The number of fused-ring (bicyclic) bond motifs is 1. The molecule has 0 bridgehead atoms. The number of carbonyl (C=O) groups excluding carboxylic acids is 1. The number of hydrogen-bond acceptors (Lipinski definition) is 3. The number of hydrogen-bond donors (Lipinski definition) is 1. The molecule has 2 aromatic carbocycles. The molecular weight excluding hydrogens is 314 g/mol. The molecule has 3 rings (SSSR count). The minimum atomic E-state index is -0.375. The van der Waals surface area contributed by atoms with Crippen LogP contribution in [0.25, 0.3) is 10.9 Å². The SMILES string of the molecule is CC(C)c1nc2ccccc2c(=O)n1NC(=O)[C@@H](C)c1ccccc1. The molecule has 25 heavy (non-hydrogen) atoms. The Morgan fingerprint density at radius 3 is 2.32 bits per heavy atom. The van der Waals surface area contributed by atoms with Crippen molar-refractivity contribution in [3.8, 4) is 0 Å². The lowest BCUT2D eigenvalue weighted by Crippen LogP contribution is -2.38. The van der Waals surface area contributed by atoms with Crippen molar-refractivity contribution in [1.29, 1.82) is 0 Å². The van der Waals surface area contributed by atoms with Crippen molar-refractivity contribution in [3.05, 3.63) is 76.3 Å². The van der Waals surface area contributed by atoms with Crippen molar-refractivity contribution in [1.82, 2.24) is 9.66 Å². The lowest BCUT2D eigenvalue weighted by Gasteiger charge is -2.19. The first-order valence-corrected chi connectivity index (χ1v) is 8.36. The fourth-order valence-electron chi connectivity index (χ4n) is 2.75. The number of para-hydroxylation sites is 1.